The van der Waals surface area contributed by atoms with E-state index in [4.69, 9.17) is 0 Å². The fourth-order valence-corrected chi connectivity index (χ4v) is 6.59. The monoisotopic (exact) mass is 403 g/mol. The number of hydrogen-bond acceptors (Lipinski definition) is 3. The van der Waals surface area contributed by atoms with Crippen LogP contribution in [0.15, 0.2) is 65.4 Å². The number of carbonyl (C=O) groups is 1. The van der Waals surface area contributed by atoms with Crippen LogP contribution >= 0.6 is 22.7 Å². The first-order valence-electron chi connectivity index (χ1n) is 9.59. The van der Waals surface area contributed by atoms with Crippen molar-refractivity contribution in [3.63, 3.8) is 0 Å². The molecule has 2 aromatic carbocycles. The van der Waals surface area contributed by atoms with Gasteiger partial charge in [-0.2, -0.15) is 0 Å². The van der Waals surface area contributed by atoms with Crippen molar-refractivity contribution in [2.24, 2.45) is 0 Å². The number of hydrogen-bond donors (Lipinski definition) is 1. The SMILES string of the molecule is O=C1c2cccc3cccc(c23)N1C[NH+]1CCc2sccc2[C@@H]1c1cccs1. The number of nitrogens with one attached hydrogen (secondary N) is 1. The minimum absolute atomic E-state index is 0.139. The highest BCUT2D eigenvalue weighted by atomic mass is 32.1. The number of nitrogens with zero attached hydrogens (tertiary/aromatic N) is 1. The van der Waals surface area contributed by atoms with Crippen LogP contribution in [-0.2, 0) is 6.42 Å². The molecule has 2 aliphatic rings. The second-order valence-corrected chi connectivity index (χ2v) is 9.46. The molecule has 1 amide bonds. The van der Waals surface area contributed by atoms with Crippen LogP contribution in [0, 0.1) is 0 Å². The summed E-state index contributed by atoms with van der Waals surface area (Å²) >= 11 is 3.69. The molecule has 6 rings (SSSR count). The minimum Gasteiger partial charge on any atom is -0.306 e. The van der Waals surface area contributed by atoms with Gasteiger partial charge in [-0.05, 0) is 40.4 Å². The molecular weight excluding hydrogens is 384 g/mol. The highest BCUT2D eigenvalue weighted by Gasteiger charge is 2.38. The zero-order valence-corrected chi connectivity index (χ0v) is 16.9. The lowest BCUT2D eigenvalue weighted by Gasteiger charge is -2.34. The Labute approximate surface area is 171 Å². The van der Waals surface area contributed by atoms with Gasteiger partial charge in [-0.3, -0.25) is 9.69 Å². The summed E-state index contributed by atoms with van der Waals surface area (Å²) in [6.07, 6.45) is 1.09. The Balaban J connectivity index is 1.42. The fraction of sp³-hybridized carbons (Fsp3) is 0.174. The molecule has 4 heterocycles. The van der Waals surface area contributed by atoms with Crippen LogP contribution in [0.25, 0.3) is 10.8 Å². The van der Waals surface area contributed by atoms with Crippen LogP contribution in [-0.4, -0.2) is 19.1 Å². The topological polar surface area (TPSA) is 24.8 Å². The number of benzene rings is 2. The van der Waals surface area contributed by atoms with Crippen LogP contribution in [0.3, 0.4) is 0 Å². The van der Waals surface area contributed by atoms with Gasteiger partial charge in [-0.25, -0.2) is 0 Å². The normalized spacial score (nSPS) is 20.7. The average Bonchev–Trinajstić information content (AvgIpc) is 3.46. The number of amides is 1. The predicted octanol–water partition coefficient (Wildman–Crippen LogP) is 4.11. The van der Waals surface area contributed by atoms with Crippen molar-refractivity contribution >= 4 is 45.0 Å². The van der Waals surface area contributed by atoms with Crippen LogP contribution in [0.5, 0.6) is 0 Å². The molecule has 4 aromatic rings. The number of carbonyl (C=O) groups excluding carboxylic acids is 1. The van der Waals surface area contributed by atoms with Crippen LogP contribution in [0.1, 0.15) is 31.7 Å². The van der Waals surface area contributed by atoms with Crippen molar-refractivity contribution in [3.8, 4) is 0 Å². The third-order valence-corrected chi connectivity index (χ3v) is 7.94. The Morgan fingerprint density at radius 3 is 2.75 bits per heavy atom. The van der Waals surface area contributed by atoms with Gasteiger partial charge in [-0.15, -0.1) is 22.7 Å². The number of rotatable bonds is 3. The Bertz CT molecular complexity index is 1190. The van der Waals surface area contributed by atoms with Gasteiger partial charge in [0.1, 0.15) is 0 Å². The quantitative estimate of drug-likeness (QED) is 0.547. The van der Waals surface area contributed by atoms with Gasteiger partial charge < -0.3 is 4.90 Å². The Morgan fingerprint density at radius 2 is 1.89 bits per heavy atom. The van der Waals surface area contributed by atoms with Gasteiger partial charge in [-0.1, -0.05) is 30.3 Å². The first kappa shape index (κ1) is 16.5. The molecule has 2 aromatic heterocycles. The first-order valence-corrected chi connectivity index (χ1v) is 11.3. The molecule has 0 saturated heterocycles. The molecule has 2 atom stereocenters. The van der Waals surface area contributed by atoms with Gasteiger partial charge in [0, 0.05) is 22.2 Å². The molecule has 28 heavy (non-hydrogen) atoms. The highest BCUT2D eigenvalue weighted by molar-refractivity contribution is 7.10. The molecule has 0 bridgehead atoms. The largest absolute Gasteiger partial charge is 0.306 e. The van der Waals surface area contributed by atoms with Crippen molar-refractivity contribution < 1.29 is 9.69 Å². The molecule has 0 spiro atoms. The first-order chi connectivity index (χ1) is 13.8. The van der Waals surface area contributed by atoms with E-state index in [1.807, 2.05) is 39.7 Å². The van der Waals surface area contributed by atoms with Gasteiger partial charge in [0.2, 0.25) is 0 Å². The summed E-state index contributed by atoms with van der Waals surface area (Å²) in [5, 5.41) is 6.63. The van der Waals surface area contributed by atoms with Crippen molar-refractivity contribution in [2.75, 3.05) is 18.1 Å². The summed E-state index contributed by atoms with van der Waals surface area (Å²) in [6.45, 7) is 1.75. The summed E-state index contributed by atoms with van der Waals surface area (Å²) in [5.41, 5.74) is 3.34. The molecule has 1 unspecified atom stereocenters. The van der Waals surface area contributed by atoms with E-state index in [0.717, 1.165) is 35.0 Å². The van der Waals surface area contributed by atoms with Crippen molar-refractivity contribution in [3.05, 3.63) is 86.2 Å². The van der Waals surface area contributed by atoms with Crippen LogP contribution in [0.4, 0.5) is 5.69 Å². The van der Waals surface area contributed by atoms with Crippen molar-refractivity contribution in [1.29, 1.82) is 0 Å². The second-order valence-electron chi connectivity index (χ2n) is 7.48. The van der Waals surface area contributed by atoms with Crippen LogP contribution < -0.4 is 9.80 Å². The van der Waals surface area contributed by atoms with E-state index < -0.39 is 0 Å². The molecular formula is C23H19N2OS2+. The van der Waals surface area contributed by atoms with Crippen LogP contribution in [0.2, 0.25) is 0 Å². The maximum atomic E-state index is 13.3. The van der Waals surface area contributed by atoms with Gasteiger partial charge in [0.25, 0.3) is 5.91 Å². The molecule has 0 saturated carbocycles. The summed E-state index contributed by atoms with van der Waals surface area (Å²) < 4.78 is 0. The smallest absolute Gasteiger partial charge is 0.263 e. The lowest BCUT2D eigenvalue weighted by Crippen LogP contribution is -3.15. The fourth-order valence-electron chi connectivity index (χ4n) is 4.77. The van der Waals surface area contributed by atoms with E-state index in [2.05, 4.69) is 53.2 Å². The highest BCUT2D eigenvalue weighted by Crippen LogP contribution is 2.37. The average molecular weight is 404 g/mol. The molecule has 138 valence electrons. The predicted molar refractivity (Wildman–Crippen MR) is 116 cm³/mol. The molecule has 1 N–H and O–H groups in total. The minimum atomic E-state index is 0.139. The number of quaternary nitrogens is 1. The second kappa shape index (κ2) is 6.27. The number of anilines is 1. The molecule has 0 fully saturated rings. The van der Waals surface area contributed by atoms with E-state index in [9.17, 15) is 4.79 Å². The zero-order valence-electron chi connectivity index (χ0n) is 15.2. The Morgan fingerprint density at radius 1 is 1.00 bits per heavy atom. The van der Waals surface area contributed by atoms with E-state index in [0.29, 0.717) is 12.7 Å². The van der Waals surface area contributed by atoms with E-state index >= 15 is 0 Å². The summed E-state index contributed by atoms with van der Waals surface area (Å²) in [7, 11) is 0. The van der Waals surface area contributed by atoms with E-state index in [1.54, 1.807) is 0 Å². The summed E-state index contributed by atoms with van der Waals surface area (Å²) in [5.74, 6) is 0.139. The van der Waals surface area contributed by atoms with Crippen molar-refractivity contribution in [1.82, 2.24) is 0 Å². The lowest BCUT2D eigenvalue weighted by atomic mass is 9.99. The Hall–Kier alpha value is -2.47. The van der Waals surface area contributed by atoms with E-state index in [-0.39, 0.29) is 5.91 Å². The third kappa shape index (κ3) is 2.33. The van der Waals surface area contributed by atoms with E-state index in [1.165, 1.54) is 20.2 Å². The number of thiophene rings is 2. The molecule has 0 radical (unpaired) electrons. The Kier molecular flexibility index (Phi) is 3.69. The zero-order chi connectivity index (χ0) is 18.7. The standard InChI is InChI=1S/C23H18N2OS2/c26-23-17-6-1-4-15-5-2-7-18(21(15)17)25(23)14-24-11-9-19-16(10-13-28-19)22(24)20-8-3-12-27-20/h1-8,10,12-13,22H,9,11,14H2/p+1/t22-/m1/s1. The molecule has 5 heteroatoms. The molecule has 2 aliphatic heterocycles. The van der Waals surface area contributed by atoms with Gasteiger partial charge in [0.15, 0.2) is 12.7 Å². The van der Waals surface area contributed by atoms with Gasteiger partial charge >= 0.3 is 0 Å². The summed E-state index contributed by atoms with van der Waals surface area (Å²) in [6, 6.07) is 19.3. The summed E-state index contributed by atoms with van der Waals surface area (Å²) in [4.78, 5) is 19.6. The van der Waals surface area contributed by atoms with Gasteiger partial charge in [0.05, 0.1) is 22.7 Å². The molecule has 3 nitrogen and oxygen atoms in total. The third-order valence-electron chi connectivity index (χ3n) is 6.01. The maximum absolute atomic E-state index is 13.3. The van der Waals surface area contributed by atoms with Crippen molar-refractivity contribution in [2.45, 2.75) is 12.5 Å². The number of fused-ring (bicyclic) bond motifs is 1. The lowest BCUT2D eigenvalue weighted by molar-refractivity contribution is -0.926. The maximum Gasteiger partial charge on any atom is 0.263 e. The molecule has 0 aliphatic carbocycles.